The molecule has 7 heteroatoms. The Morgan fingerprint density at radius 2 is 1.77 bits per heavy atom. The molecule has 0 bridgehead atoms. The normalized spacial score (nSPS) is 15.3. The Morgan fingerprint density at radius 1 is 1.10 bits per heavy atom. The Morgan fingerprint density at radius 3 is 2.37 bits per heavy atom. The lowest BCUT2D eigenvalue weighted by atomic mass is 9.95. The molecule has 0 radical (unpaired) electrons. The van der Waals surface area contributed by atoms with Gasteiger partial charge in [0.2, 0.25) is 11.8 Å². The van der Waals surface area contributed by atoms with Gasteiger partial charge in [-0.05, 0) is 43.0 Å². The third-order valence-electron chi connectivity index (χ3n) is 5.43. The fourth-order valence-corrected chi connectivity index (χ4v) is 4.39. The van der Waals surface area contributed by atoms with Gasteiger partial charge in [0.05, 0.1) is 17.2 Å². The van der Waals surface area contributed by atoms with Crippen LogP contribution < -0.4 is 10.6 Å². The van der Waals surface area contributed by atoms with Crippen LogP contribution >= 0.6 is 22.9 Å². The van der Waals surface area contributed by atoms with Crippen LogP contribution in [0.1, 0.15) is 43.9 Å². The summed E-state index contributed by atoms with van der Waals surface area (Å²) in [5.41, 5.74) is 3.31. The van der Waals surface area contributed by atoms with Crippen molar-refractivity contribution in [2.45, 2.75) is 38.1 Å². The molecule has 30 heavy (non-hydrogen) atoms. The maximum Gasteiger partial charge on any atom is 0.236 e. The van der Waals surface area contributed by atoms with E-state index >= 15 is 0 Å². The number of carbonyl (C=O) groups excluding carboxylic acids is 2. The number of benzene rings is 2. The molecule has 1 heterocycles. The van der Waals surface area contributed by atoms with Crippen LogP contribution in [-0.4, -0.2) is 16.8 Å². The minimum Gasteiger partial charge on any atom is -0.350 e. The van der Waals surface area contributed by atoms with Gasteiger partial charge in [0.25, 0.3) is 0 Å². The molecule has 3 aromatic rings. The first kappa shape index (κ1) is 20.6. The quantitative estimate of drug-likeness (QED) is 0.545. The Hall–Kier alpha value is -2.70. The van der Waals surface area contributed by atoms with E-state index in [0.717, 1.165) is 35.2 Å². The zero-order chi connectivity index (χ0) is 21.3. The Bertz CT molecular complexity index is 1070. The zero-order valence-corrected chi connectivity index (χ0v) is 18.3. The predicted octanol–water partition coefficient (Wildman–Crippen LogP) is 5.33. The highest BCUT2D eigenvalue weighted by Gasteiger charge is 2.51. The van der Waals surface area contributed by atoms with Crippen molar-refractivity contribution in [2.24, 2.45) is 0 Å². The molecule has 1 unspecified atom stereocenters. The third kappa shape index (κ3) is 4.25. The van der Waals surface area contributed by atoms with E-state index in [1.54, 1.807) is 0 Å². The van der Waals surface area contributed by atoms with Crippen LogP contribution in [0.5, 0.6) is 0 Å². The zero-order valence-electron chi connectivity index (χ0n) is 16.7. The van der Waals surface area contributed by atoms with E-state index in [9.17, 15) is 9.59 Å². The number of carbonyl (C=O) groups is 2. The molecule has 154 valence electrons. The highest BCUT2D eigenvalue weighted by molar-refractivity contribution is 7.14. The van der Waals surface area contributed by atoms with Crippen molar-refractivity contribution in [1.82, 2.24) is 10.3 Å². The summed E-state index contributed by atoms with van der Waals surface area (Å²) in [6.45, 7) is 3.45. The Kier molecular flexibility index (Phi) is 5.62. The van der Waals surface area contributed by atoms with Gasteiger partial charge in [-0.25, -0.2) is 4.98 Å². The second kappa shape index (κ2) is 8.20. The molecule has 1 saturated carbocycles. The Balaban J connectivity index is 1.45. The molecule has 1 aliphatic rings. The van der Waals surface area contributed by atoms with Crippen molar-refractivity contribution in [3.63, 3.8) is 0 Å². The molecule has 1 aliphatic carbocycles. The molecule has 2 amide bonds. The maximum atomic E-state index is 12.9. The molecule has 0 spiro atoms. The van der Waals surface area contributed by atoms with Crippen LogP contribution in [0.15, 0.2) is 53.9 Å². The van der Waals surface area contributed by atoms with Crippen LogP contribution in [0.3, 0.4) is 0 Å². The number of anilines is 1. The lowest BCUT2D eigenvalue weighted by Crippen LogP contribution is -2.27. The van der Waals surface area contributed by atoms with E-state index in [4.69, 9.17) is 11.6 Å². The fourth-order valence-electron chi connectivity index (χ4n) is 3.55. The topological polar surface area (TPSA) is 71.1 Å². The first-order chi connectivity index (χ1) is 14.4. The molecule has 1 fully saturated rings. The van der Waals surface area contributed by atoms with Crippen molar-refractivity contribution in [2.75, 3.05) is 5.32 Å². The molecule has 1 aromatic heterocycles. The average Bonchev–Trinajstić information content (AvgIpc) is 3.41. The largest absolute Gasteiger partial charge is 0.350 e. The van der Waals surface area contributed by atoms with Gasteiger partial charge < -0.3 is 10.6 Å². The van der Waals surface area contributed by atoms with Gasteiger partial charge in [0, 0.05) is 22.9 Å². The van der Waals surface area contributed by atoms with Crippen LogP contribution in [0.25, 0.3) is 11.3 Å². The van der Waals surface area contributed by atoms with E-state index in [1.165, 1.54) is 18.3 Å². The summed E-state index contributed by atoms with van der Waals surface area (Å²) >= 11 is 7.39. The highest BCUT2D eigenvalue weighted by Crippen LogP contribution is 2.49. The first-order valence-electron chi connectivity index (χ1n) is 9.78. The van der Waals surface area contributed by atoms with Gasteiger partial charge in [-0.3, -0.25) is 9.59 Å². The predicted molar refractivity (Wildman–Crippen MR) is 121 cm³/mol. The summed E-state index contributed by atoms with van der Waals surface area (Å²) in [5.74, 6) is -0.0799. The number of halogens is 1. The molecule has 0 aliphatic heterocycles. The van der Waals surface area contributed by atoms with Gasteiger partial charge in [0.15, 0.2) is 5.13 Å². The molecule has 4 rings (SSSR count). The van der Waals surface area contributed by atoms with Gasteiger partial charge in [-0.2, -0.15) is 0 Å². The van der Waals surface area contributed by atoms with Gasteiger partial charge in [0.1, 0.15) is 0 Å². The van der Waals surface area contributed by atoms with Crippen LogP contribution in [0, 0.1) is 0 Å². The molecule has 5 nitrogen and oxygen atoms in total. The first-order valence-corrected chi connectivity index (χ1v) is 11.0. The summed E-state index contributed by atoms with van der Waals surface area (Å²) in [6, 6.07) is 15.3. The SMILES string of the molecule is CC(=O)NC(C)c1ccc(-c2csc(NC(=O)C3(c4ccc(Cl)cc4)CC3)n2)cc1. The van der Waals surface area contributed by atoms with E-state index in [2.05, 4.69) is 15.6 Å². The molecular weight excluding hydrogens is 418 g/mol. The smallest absolute Gasteiger partial charge is 0.236 e. The molecule has 2 aromatic carbocycles. The molecule has 0 saturated heterocycles. The van der Waals surface area contributed by atoms with Crippen molar-refractivity contribution in [3.05, 3.63) is 70.1 Å². The van der Waals surface area contributed by atoms with Crippen molar-refractivity contribution >= 4 is 39.9 Å². The summed E-state index contributed by atoms with van der Waals surface area (Å²) in [7, 11) is 0. The van der Waals surface area contributed by atoms with Crippen molar-refractivity contribution in [1.29, 1.82) is 0 Å². The molecule has 1 atom stereocenters. The summed E-state index contributed by atoms with van der Waals surface area (Å²) in [6.07, 6.45) is 1.65. The van der Waals surface area contributed by atoms with Crippen LogP contribution in [0.2, 0.25) is 5.02 Å². The van der Waals surface area contributed by atoms with Crippen LogP contribution in [0.4, 0.5) is 5.13 Å². The minimum absolute atomic E-state index is 0.0230. The van der Waals surface area contributed by atoms with E-state index in [-0.39, 0.29) is 17.9 Å². The number of hydrogen-bond acceptors (Lipinski definition) is 4. The minimum atomic E-state index is -0.474. The number of hydrogen-bond donors (Lipinski definition) is 2. The third-order valence-corrected chi connectivity index (χ3v) is 6.44. The maximum absolute atomic E-state index is 12.9. The van der Waals surface area contributed by atoms with Crippen LogP contribution in [-0.2, 0) is 15.0 Å². The summed E-state index contributed by atoms with van der Waals surface area (Å²) < 4.78 is 0. The van der Waals surface area contributed by atoms with Gasteiger partial charge in [-0.15, -0.1) is 11.3 Å². The average molecular weight is 440 g/mol. The highest BCUT2D eigenvalue weighted by atomic mass is 35.5. The second-order valence-corrected chi connectivity index (χ2v) is 8.92. The fraction of sp³-hybridized carbons (Fsp3) is 0.261. The number of thiazole rings is 1. The van der Waals surface area contributed by atoms with Gasteiger partial charge in [-0.1, -0.05) is 48.0 Å². The van der Waals surface area contributed by atoms with Crippen molar-refractivity contribution < 1.29 is 9.59 Å². The second-order valence-electron chi connectivity index (χ2n) is 7.63. The lowest BCUT2D eigenvalue weighted by Gasteiger charge is -2.14. The number of aromatic nitrogens is 1. The van der Waals surface area contributed by atoms with Crippen molar-refractivity contribution in [3.8, 4) is 11.3 Å². The lowest BCUT2D eigenvalue weighted by molar-refractivity contribution is -0.120. The summed E-state index contributed by atoms with van der Waals surface area (Å²) in [4.78, 5) is 28.7. The standard InChI is InChI=1S/C23H22ClN3O2S/c1-14(25-15(2)28)16-3-5-17(6-4-16)20-13-30-22(26-20)27-21(29)23(11-12-23)18-7-9-19(24)10-8-18/h3-10,13-14H,11-12H2,1-2H3,(H,25,28)(H,26,27,29). The molecular formula is C23H22ClN3O2S. The van der Waals surface area contributed by atoms with E-state index < -0.39 is 5.41 Å². The number of nitrogens with one attached hydrogen (secondary N) is 2. The number of nitrogens with zero attached hydrogens (tertiary/aromatic N) is 1. The van der Waals surface area contributed by atoms with E-state index in [0.29, 0.717) is 10.2 Å². The molecule has 2 N–H and O–H groups in total. The number of rotatable bonds is 6. The van der Waals surface area contributed by atoms with Gasteiger partial charge >= 0.3 is 0 Å². The number of amides is 2. The Labute approximate surface area is 184 Å². The summed E-state index contributed by atoms with van der Waals surface area (Å²) in [5, 5.41) is 9.05. The monoisotopic (exact) mass is 439 g/mol. The van der Waals surface area contributed by atoms with E-state index in [1.807, 2.05) is 60.8 Å².